The maximum atomic E-state index is 11.6. The predicted octanol–water partition coefficient (Wildman–Crippen LogP) is 2.51. The molecule has 0 bridgehead atoms. The first-order chi connectivity index (χ1) is 10.2. The molecule has 0 aliphatic rings. The van der Waals surface area contributed by atoms with Crippen molar-refractivity contribution in [2.45, 2.75) is 12.3 Å². The van der Waals surface area contributed by atoms with Gasteiger partial charge in [-0.05, 0) is 30.3 Å². The van der Waals surface area contributed by atoms with Gasteiger partial charge in [-0.1, -0.05) is 6.07 Å². The van der Waals surface area contributed by atoms with Crippen molar-refractivity contribution in [3.63, 3.8) is 0 Å². The summed E-state index contributed by atoms with van der Waals surface area (Å²) in [6, 6.07) is 10.6. The van der Waals surface area contributed by atoms with Gasteiger partial charge in [-0.2, -0.15) is 0 Å². The zero-order valence-corrected chi connectivity index (χ0v) is 11.9. The number of benzene rings is 1. The first-order valence-electron chi connectivity index (χ1n) is 6.50. The summed E-state index contributed by atoms with van der Waals surface area (Å²) < 4.78 is 10.4. The molecule has 1 heterocycles. The first kappa shape index (κ1) is 14.8. The lowest BCUT2D eigenvalue weighted by Crippen LogP contribution is -2.16. The van der Waals surface area contributed by atoms with E-state index in [2.05, 4.69) is 4.98 Å². The Hall–Kier alpha value is -2.56. The Bertz CT molecular complexity index is 613. The van der Waals surface area contributed by atoms with E-state index < -0.39 is 11.9 Å². The van der Waals surface area contributed by atoms with Gasteiger partial charge in [0.15, 0.2) is 0 Å². The average molecular weight is 287 g/mol. The topological polar surface area (TPSA) is 68.7 Å². The van der Waals surface area contributed by atoms with Gasteiger partial charge in [0, 0.05) is 23.9 Å². The normalized spacial score (nSPS) is 11.7. The van der Waals surface area contributed by atoms with Gasteiger partial charge in [-0.3, -0.25) is 9.78 Å². The third kappa shape index (κ3) is 3.51. The van der Waals surface area contributed by atoms with Crippen LogP contribution >= 0.6 is 0 Å². The Kier molecular flexibility index (Phi) is 4.77. The first-order valence-corrected chi connectivity index (χ1v) is 6.50. The minimum atomic E-state index is -0.924. The van der Waals surface area contributed by atoms with Crippen LogP contribution in [0.4, 0.5) is 0 Å². The summed E-state index contributed by atoms with van der Waals surface area (Å²) in [6.45, 7) is 0. The fourth-order valence-electron chi connectivity index (χ4n) is 2.17. The van der Waals surface area contributed by atoms with Crippen molar-refractivity contribution in [1.82, 2.24) is 4.98 Å². The lowest BCUT2D eigenvalue weighted by molar-refractivity contribution is -0.138. The van der Waals surface area contributed by atoms with Gasteiger partial charge in [0.1, 0.15) is 11.5 Å². The van der Waals surface area contributed by atoms with Crippen LogP contribution in [0.2, 0.25) is 0 Å². The van der Waals surface area contributed by atoms with E-state index in [1.54, 1.807) is 37.6 Å². The Morgan fingerprint density at radius 3 is 2.62 bits per heavy atom. The summed E-state index contributed by atoms with van der Waals surface area (Å²) in [7, 11) is 3.06. The third-order valence-electron chi connectivity index (χ3n) is 3.25. The molecule has 1 aromatic carbocycles. The van der Waals surface area contributed by atoms with Gasteiger partial charge in [0.05, 0.1) is 20.1 Å². The van der Waals surface area contributed by atoms with Gasteiger partial charge < -0.3 is 14.6 Å². The second kappa shape index (κ2) is 6.74. The highest BCUT2D eigenvalue weighted by Crippen LogP contribution is 2.32. The van der Waals surface area contributed by atoms with Gasteiger partial charge >= 0.3 is 5.97 Å². The van der Waals surface area contributed by atoms with Crippen molar-refractivity contribution in [1.29, 1.82) is 0 Å². The van der Waals surface area contributed by atoms with Crippen LogP contribution in [0.15, 0.2) is 42.6 Å². The number of hydrogen-bond acceptors (Lipinski definition) is 4. The zero-order valence-electron chi connectivity index (χ0n) is 11.9. The quantitative estimate of drug-likeness (QED) is 0.884. The second-order valence-corrected chi connectivity index (χ2v) is 4.52. The molecule has 2 aromatic rings. The van der Waals surface area contributed by atoms with Crippen LogP contribution < -0.4 is 9.47 Å². The SMILES string of the molecule is COc1ccc(OC)c(C(Cc2ccccn2)C(=O)O)c1. The molecule has 0 saturated carbocycles. The third-order valence-corrected chi connectivity index (χ3v) is 3.25. The maximum Gasteiger partial charge on any atom is 0.311 e. The maximum absolute atomic E-state index is 11.6. The summed E-state index contributed by atoms with van der Waals surface area (Å²) >= 11 is 0. The number of aromatic nitrogens is 1. The minimum absolute atomic E-state index is 0.291. The minimum Gasteiger partial charge on any atom is -0.497 e. The van der Waals surface area contributed by atoms with Gasteiger partial charge in [-0.15, -0.1) is 0 Å². The molecule has 1 aromatic heterocycles. The van der Waals surface area contributed by atoms with Crippen LogP contribution in [0.5, 0.6) is 11.5 Å². The molecule has 110 valence electrons. The number of hydrogen-bond donors (Lipinski definition) is 1. The summed E-state index contributed by atoms with van der Waals surface area (Å²) in [4.78, 5) is 15.8. The molecule has 5 nitrogen and oxygen atoms in total. The lowest BCUT2D eigenvalue weighted by Gasteiger charge is -2.17. The van der Waals surface area contributed by atoms with Crippen LogP contribution in [0, 0.1) is 0 Å². The van der Waals surface area contributed by atoms with E-state index in [9.17, 15) is 9.90 Å². The molecule has 1 N–H and O–H groups in total. The monoisotopic (exact) mass is 287 g/mol. The van der Waals surface area contributed by atoms with Crippen molar-refractivity contribution in [3.05, 3.63) is 53.9 Å². The predicted molar refractivity (Wildman–Crippen MR) is 77.9 cm³/mol. The number of pyridine rings is 1. The number of carboxylic acid groups (broad SMARTS) is 1. The highest BCUT2D eigenvalue weighted by atomic mass is 16.5. The van der Waals surface area contributed by atoms with Crippen LogP contribution in [-0.4, -0.2) is 30.3 Å². The average Bonchev–Trinajstić information content (AvgIpc) is 2.52. The summed E-state index contributed by atoms with van der Waals surface area (Å²) in [5, 5.41) is 9.55. The number of carbonyl (C=O) groups is 1. The van der Waals surface area contributed by atoms with E-state index in [1.165, 1.54) is 7.11 Å². The Labute approximate surface area is 123 Å². The molecule has 2 rings (SSSR count). The molecule has 0 fully saturated rings. The highest BCUT2D eigenvalue weighted by Gasteiger charge is 2.25. The summed E-state index contributed by atoms with van der Waals surface area (Å²) in [5.41, 5.74) is 1.30. The zero-order chi connectivity index (χ0) is 15.2. The van der Waals surface area contributed by atoms with Crippen LogP contribution in [0.25, 0.3) is 0 Å². The molecule has 0 aliphatic heterocycles. The number of nitrogens with zero attached hydrogens (tertiary/aromatic N) is 1. The van der Waals surface area contributed by atoms with Gasteiger partial charge in [0.2, 0.25) is 0 Å². The second-order valence-electron chi connectivity index (χ2n) is 4.52. The van der Waals surface area contributed by atoms with Gasteiger partial charge in [0.25, 0.3) is 0 Å². The Morgan fingerprint density at radius 2 is 2.05 bits per heavy atom. The van der Waals surface area contributed by atoms with Crippen LogP contribution in [0.3, 0.4) is 0 Å². The van der Waals surface area contributed by atoms with E-state index in [4.69, 9.17) is 9.47 Å². The smallest absolute Gasteiger partial charge is 0.311 e. The highest BCUT2D eigenvalue weighted by molar-refractivity contribution is 5.78. The Morgan fingerprint density at radius 1 is 1.24 bits per heavy atom. The molecular weight excluding hydrogens is 270 g/mol. The number of carboxylic acids is 1. The number of aliphatic carboxylic acids is 1. The fraction of sp³-hybridized carbons (Fsp3) is 0.250. The largest absolute Gasteiger partial charge is 0.497 e. The number of ether oxygens (including phenoxy) is 2. The lowest BCUT2D eigenvalue weighted by atomic mass is 9.93. The molecule has 1 unspecified atom stereocenters. The van der Waals surface area contributed by atoms with E-state index in [1.807, 2.05) is 12.1 Å². The number of methoxy groups -OCH3 is 2. The van der Waals surface area contributed by atoms with Gasteiger partial charge in [-0.25, -0.2) is 0 Å². The molecule has 21 heavy (non-hydrogen) atoms. The summed E-state index contributed by atoms with van der Waals surface area (Å²) in [6.07, 6.45) is 1.94. The van der Waals surface area contributed by atoms with Crippen molar-refractivity contribution < 1.29 is 19.4 Å². The molecule has 5 heteroatoms. The van der Waals surface area contributed by atoms with Crippen molar-refractivity contribution in [3.8, 4) is 11.5 Å². The summed E-state index contributed by atoms with van der Waals surface area (Å²) in [5.74, 6) is -0.547. The molecule has 0 radical (unpaired) electrons. The van der Waals surface area contributed by atoms with Crippen molar-refractivity contribution in [2.24, 2.45) is 0 Å². The molecule has 1 atom stereocenters. The van der Waals surface area contributed by atoms with E-state index in [0.717, 1.165) is 5.69 Å². The van der Waals surface area contributed by atoms with Crippen molar-refractivity contribution >= 4 is 5.97 Å². The molecular formula is C16H17NO4. The standard InChI is InChI=1S/C16H17NO4/c1-20-12-6-7-15(21-2)13(10-12)14(16(18)19)9-11-5-3-4-8-17-11/h3-8,10,14H,9H2,1-2H3,(H,18,19). The van der Waals surface area contributed by atoms with Crippen LogP contribution in [0.1, 0.15) is 17.2 Å². The fourth-order valence-corrected chi connectivity index (χ4v) is 2.17. The van der Waals surface area contributed by atoms with Crippen molar-refractivity contribution in [2.75, 3.05) is 14.2 Å². The van der Waals surface area contributed by atoms with E-state index >= 15 is 0 Å². The molecule has 0 saturated heterocycles. The van der Waals surface area contributed by atoms with E-state index in [-0.39, 0.29) is 0 Å². The van der Waals surface area contributed by atoms with Crippen LogP contribution in [-0.2, 0) is 11.2 Å². The molecule has 0 amide bonds. The molecule has 0 spiro atoms. The van der Waals surface area contributed by atoms with E-state index in [0.29, 0.717) is 23.5 Å². The Balaban J connectivity index is 2.40. The molecule has 0 aliphatic carbocycles. The number of rotatable bonds is 6.